The van der Waals surface area contributed by atoms with Gasteiger partial charge in [0, 0.05) is 26.2 Å². The Labute approximate surface area is 138 Å². The number of carbonyl (C=O) groups is 1. The van der Waals surface area contributed by atoms with Crippen LogP contribution in [0.2, 0.25) is 0 Å². The van der Waals surface area contributed by atoms with Crippen molar-refractivity contribution in [2.24, 2.45) is 5.92 Å². The van der Waals surface area contributed by atoms with E-state index in [0.29, 0.717) is 17.2 Å². The lowest BCUT2D eigenvalue weighted by molar-refractivity contribution is 0.0917. The van der Waals surface area contributed by atoms with Crippen molar-refractivity contribution >= 4 is 15.9 Å². The van der Waals surface area contributed by atoms with Crippen LogP contribution in [-0.2, 0) is 10.0 Å². The van der Waals surface area contributed by atoms with Crippen LogP contribution in [0.5, 0.6) is 0 Å². The molecule has 2 rings (SSSR count). The van der Waals surface area contributed by atoms with Crippen molar-refractivity contribution in [3.63, 3.8) is 0 Å². The standard InChI is InChI=1S/C16H26N2O4S/c1-5-12-7-6-8-13(9-12)17-16(19)14-10-15(22-11(14)2)23(20,21)18(3)4/h10,12-13H,5-9H2,1-4H3,(H,17,19)/t12-,13-/m0/s1. The molecule has 1 aliphatic rings. The van der Waals surface area contributed by atoms with E-state index in [4.69, 9.17) is 4.42 Å². The second-order valence-electron chi connectivity index (χ2n) is 6.43. The van der Waals surface area contributed by atoms with Gasteiger partial charge in [-0.1, -0.05) is 26.2 Å². The van der Waals surface area contributed by atoms with Crippen molar-refractivity contribution in [2.45, 2.75) is 57.1 Å². The van der Waals surface area contributed by atoms with Crippen LogP contribution in [-0.4, -0.2) is 38.8 Å². The van der Waals surface area contributed by atoms with Crippen LogP contribution in [0.1, 0.15) is 55.1 Å². The van der Waals surface area contributed by atoms with Crippen molar-refractivity contribution in [3.8, 4) is 0 Å². The van der Waals surface area contributed by atoms with Gasteiger partial charge in [0.05, 0.1) is 5.56 Å². The average Bonchev–Trinajstić information content (AvgIpc) is 2.90. The normalized spacial score (nSPS) is 22.3. The number of aryl methyl sites for hydroxylation is 1. The number of rotatable bonds is 5. The molecule has 23 heavy (non-hydrogen) atoms. The molecule has 1 N–H and O–H groups in total. The topological polar surface area (TPSA) is 79.6 Å². The molecule has 1 aromatic rings. The van der Waals surface area contributed by atoms with Crippen molar-refractivity contribution in [2.75, 3.05) is 14.1 Å². The summed E-state index contributed by atoms with van der Waals surface area (Å²) >= 11 is 0. The molecule has 0 bridgehead atoms. The summed E-state index contributed by atoms with van der Waals surface area (Å²) in [5.74, 6) is 0.725. The Balaban J connectivity index is 2.13. The number of nitrogens with one attached hydrogen (secondary N) is 1. The molecule has 1 aliphatic carbocycles. The maximum atomic E-state index is 12.5. The van der Waals surface area contributed by atoms with Gasteiger partial charge >= 0.3 is 0 Å². The van der Waals surface area contributed by atoms with E-state index in [9.17, 15) is 13.2 Å². The molecule has 1 saturated carbocycles. The summed E-state index contributed by atoms with van der Waals surface area (Å²) in [6, 6.07) is 1.48. The Hall–Kier alpha value is -1.34. The quantitative estimate of drug-likeness (QED) is 0.892. The van der Waals surface area contributed by atoms with Crippen molar-refractivity contribution < 1.29 is 17.6 Å². The zero-order chi connectivity index (χ0) is 17.2. The first kappa shape index (κ1) is 18.0. The van der Waals surface area contributed by atoms with E-state index in [1.165, 1.54) is 26.6 Å². The largest absolute Gasteiger partial charge is 0.448 e. The molecule has 1 amide bonds. The lowest BCUT2D eigenvalue weighted by atomic mass is 9.84. The van der Waals surface area contributed by atoms with Gasteiger partial charge in [0.15, 0.2) is 0 Å². The molecule has 0 aromatic carbocycles. The first-order valence-corrected chi connectivity index (χ1v) is 9.53. The molecular weight excluding hydrogens is 316 g/mol. The van der Waals surface area contributed by atoms with E-state index in [0.717, 1.165) is 30.0 Å². The fourth-order valence-corrected chi connectivity index (χ4v) is 3.90. The van der Waals surface area contributed by atoms with Crippen LogP contribution in [0.25, 0.3) is 0 Å². The molecule has 0 radical (unpaired) electrons. The summed E-state index contributed by atoms with van der Waals surface area (Å²) < 4.78 is 30.6. The maximum Gasteiger partial charge on any atom is 0.275 e. The predicted octanol–water partition coefficient (Wildman–Crippen LogP) is 2.54. The molecule has 2 atom stereocenters. The SMILES string of the molecule is CC[C@H]1CCC[C@H](NC(=O)c2cc(S(=O)(=O)N(C)C)oc2C)C1. The minimum absolute atomic E-state index is 0.157. The summed E-state index contributed by atoms with van der Waals surface area (Å²) in [6.45, 7) is 3.78. The average molecular weight is 342 g/mol. The zero-order valence-corrected chi connectivity index (χ0v) is 15.1. The van der Waals surface area contributed by atoms with E-state index in [1.807, 2.05) is 0 Å². The maximum absolute atomic E-state index is 12.5. The van der Waals surface area contributed by atoms with E-state index < -0.39 is 10.0 Å². The Kier molecular flexibility index (Phi) is 5.52. The fraction of sp³-hybridized carbons (Fsp3) is 0.688. The second kappa shape index (κ2) is 7.05. The number of nitrogens with zero attached hydrogens (tertiary/aromatic N) is 1. The van der Waals surface area contributed by atoms with Gasteiger partial charge in [-0.2, -0.15) is 0 Å². The van der Waals surface area contributed by atoms with Gasteiger partial charge in [-0.05, 0) is 25.7 Å². The molecule has 0 aliphatic heterocycles. The van der Waals surface area contributed by atoms with Crippen molar-refractivity contribution in [1.82, 2.24) is 9.62 Å². The number of furan rings is 1. The summed E-state index contributed by atoms with van der Waals surface area (Å²) in [7, 11) is -0.810. The number of hydrogen-bond acceptors (Lipinski definition) is 4. The van der Waals surface area contributed by atoms with Crippen LogP contribution < -0.4 is 5.32 Å². The second-order valence-corrected chi connectivity index (χ2v) is 8.52. The zero-order valence-electron chi connectivity index (χ0n) is 14.3. The minimum atomic E-state index is -3.67. The molecular formula is C16H26N2O4S. The highest BCUT2D eigenvalue weighted by Gasteiger charge is 2.28. The number of hydrogen-bond donors (Lipinski definition) is 1. The van der Waals surface area contributed by atoms with E-state index >= 15 is 0 Å². The minimum Gasteiger partial charge on any atom is -0.448 e. The van der Waals surface area contributed by atoms with Gasteiger partial charge in [0.1, 0.15) is 5.76 Å². The summed E-state index contributed by atoms with van der Waals surface area (Å²) in [5.41, 5.74) is 0.295. The van der Waals surface area contributed by atoms with Gasteiger partial charge in [-0.25, -0.2) is 12.7 Å². The third-order valence-electron chi connectivity index (χ3n) is 4.57. The smallest absolute Gasteiger partial charge is 0.275 e. The van der Waals surface area contributed by atoms with E-state index in [1.54, 1.807) is 6.92 Å². The van der Waals surface area contributed by atoms with E-state index in [-0.39, 0.29) is 17.0 Å². The number of carbonyl (C=O) groups excluding carboxylic acids is 1. The van der Waals surface area contributed by atoms with Crippen LogP contribution in [0.3, 0.4) is 0 Å². The lowest BCUT2D eigenvalue weighted by Crippen LogP contribution is -2.38. The molecule has 6 nitrogen and oxygen atoms in total. The lowest BCUT2D eigenvalue weighted by Gasteiger charge is -2.29. The fourth-order valence-electron chi connectivity index (χ4n) is 3.04. The first-order valence-electron chi connectivity index (χ1n) is 8.09. The van der Waals surface area contributed by atoms with Gasteiger partial charge in [-0.15, -0.1) is 0 Å². The Bertz CT molecular complexity index is 664. The predicted molar refractivity (Wildman–Crippen MR) is 87.8 cm³/mol. The van der Waals surface area contributed by atoms with Crippen molar-refractivity contribution in [3.05, 3.63) is 17.4 Å². The van der Waals surface area contributed by atoms with Crippen LogP contribution >= 0.6 is 0 Å². The van der Waals surface area contributed by atoms with Crippen LogP contribution in [0.15, 0.2) is 15.6 Å². The Morgan fingerprint density at radius 2 is 2.09 bits per heavy atom. The molecule has 0 saturated heterocycles. The summed E-state index contributed by atoms with van der Waals surface area (Å²) in [6.07, 6.45) is 5.43. The summed E-state index contributed by atoms with van der Waals surface area (Å²) in [5, 5.41) is 2.83. The Morgan fingerprint density at radius 3 is 2.70 bits per heavy atom. The Morgan fingerprint density at radius 1 is 1.39 bits per heavy atom. The van der Waals surface area contributed by atoms with Gasteiger partial charge < -0.3 is 9.73 Å². The monoisotopic (exact) mass is 342 g/mol. The number of amides is 1. The van der Waals surface area contributed by atoms with E-state index in [2.05, 4.69) is 12.2 Å². The highest BCUT2D eigenvalue weighted by molar-refractivity contribution is 7.88. The molecule has 0 spiro atoms. The molecule has 7 heteroatoms. The van der Waals surface area contributed by atoms with Gasteiger partial charge in [-0.3, -0.25) is 4.79 Å². The van der Waals surface area contributed by atoms with Crippen LogP contribution in [0, 0.1) is 12.8 Å². The molecule has 1 aromatic heterocycles. The van der Waals surface area contributed by atoms with Gasteiger partial charge in [0.2, 0.25) is 5.09 Å². The van der Waals surface area contributed by atoms with Crippen LogP contribution in [0.4, 0.5) is 0 Å². The third-order valence-corrected chi connectivity index (χ3v) is 6.24. The highest BCUT2D eigenvalue weighted by atomic mass is 32.2. The third kappa shape index (κ3) is 3.95. The molecule has 1 fully saturated rings. The molecule has 130 valence electrons. The first-order chi connectivity index (χ1) is 10.8. The van der Waals surface area contributed by atoms with Crippen molar-refractivity contribution in [1.29, 1.82) is 0 Å². The number of sulfonamides is 1. The highest BCUT2D eigenvalue weighted by Crippen LogP contribution is 2.27. The summed E-state index contributed by atoms with van der Waals surface area (Å²) in [4.78, 5) is 12.5. The van der Waals surface area contributed by atoms with Gasteiger partial charge in [0.25, 0.3) is 15.9 Å². The molecule has 1 heterocycles. The molecule has 0 unspecified atom stereocenters.